The van der Waals surface area contributed by atoms with Crippen molar-refractivity contribution < 1.29 is 0 Å². The summed E-state index contributed by atoms with van der Waals surface area (Å²) in [5.41, 5.74) is 2.39. The molecule has 0 radical (unpaired) electrons. The summed E-state index contributed by atoms with van der Waals surface area (Å²) in [7, 11) is 0. The van der Waals surface area contributed by atoms with Gasteiger partial charge in [-0.1, -0.05) is 25.5 Å². The number of hydrogen-bond acceptors (Lipinski definition) is 0. The molecule has 2 saturated carbocycles. The van der Waals surface area contributed by atoms with Crippen molar-refractivity contribution in [3.8, 4) is 0 Å². The molecule has 2 aliphatic rings. The van der Waals surface area contributed by atoms with Crippen LogP contribution in [0.2, 0.25) is 0 Å². The van der Waals surface area contributed by atoms with Gasteiger partial charge in [0.05, 0.1) is 0 Å². The van der Waals surface area contributed by atoms with Crippen LogP contribution in [0, 0.1) is 11.3 Å². The lowest BCUT2D eigenvalue weighted by Gasteiger charge is -2.16. The Labute approximate surface area is 63.3 Å². The predicted octanol–water partition coefficient (Wildman–Crippen LogP) is 3.14. The molecule has 0 heterocycles. The lowest BCUT2D eigenvalue weighted by molar-refractivity contribution is 0.593. The molecule has 0 aromatic carbocycles. The van der Waals surface area contributed by atoms with Gasteiger partial charge < -0.3 is 0 Å². The van der Waals surface area contributed by atoms with Crippen molar-refractivity contribution in [2.24, 2.45) is 11.3 Å². The summed E-state index contributed by atoms with van der Waals surface area (Å²) in [6.07, 6.45) is 8.19. The van der Waals surface area contributed by atoms with Gasteiger partial charge in [-0.2, -0.15) is 0 Å². The van der Waals surface area contributed by atoms with Crippen LogP contribution in [0.4, 0.5) is 0 Å². The molecular formula is C10H16. The van der Waals surface area contributed by atoms with E-state index in [9.17, 15) is 0 Å². The van der Waals surface area contributed by atoms with E-state index in [4.69, 9.17) is 0 Å². The molecule has 1 atom stereocenters. The number of rotatable bonds is 1. The van der Waals surface area contributed by atoms with Crippen molar-refractivity contribution in [2.45, 2.75) is 39.5 Å². The molecule has 0 aromatic heterocycles. The van der Waals surface area contributed by atoms with Gasteiger partial charge in [-0.15, -0.1) is 0 Å². The largest absolute Gasteiger partial charge is 0.0817 e. The monoisotopic (exact) mass is 136 g/mol. The molecule has 2 rings (SSSR count). The first kappa shape index (κ1) is 6.45. The normalized spacial score (nSPS) is 35.0. The first-order valence-corrected chi connectivity index (χ1v) is 4.38. The average Bonchev–Trinajstić information content (AvgIpc) is 2.29. The maximum atomic E-state index is 2.53. The van der Waals surface area contributed by atoms with Gasteiger partial charge >= 0.3 is 0 Å². The predicted molar refractivity (Wildman–Crippen MR) is 43.8 cm³/mol. The SMILES string of the molecule is CC1(C)CC1C=C1CCC1. The molecule has 2 fully saturated rings. The lowest BCUT2D eigenvalue weighted by Crippen LogP contribution is -1.98. The van der Waals surface area contributed by atoms with Crippen LogP contribution in [-0.4, -0.2) is 0 Å². The van der Waals surface area contributed by atoms with Crippen LogP contribution in [0.3, 0.4) is 0 Å². The maximum absolute atomic E-state index is 2.53. The zero-order chi connectivity index (χ0) is 7.19. The van der Waals surface area contributed by atoms with Crippen LogP contribution in [0.5, 0.6) is 0 Å². The van der Waals surface area contributed by atoms with E-state index in [1.807, 2.05) is 0 Å². The molecule has 0 nitrogen and oxygen atoms in total. The molecule has 2 aliphatic carbocycles. The average molecular weight is 136 g/mol. The smallest absolute Gasteiger partial charge is 0.0174 e. The molecule has 0 amide bonds. The summed E-state index contributed by atoms with van der Waals surface area (Å²) in [5.74, 6) is 0.933. The highest BCUT2D eigenvalue weighted by atomic mass is 14.5. The van der Waals surface area contributed by atoms with Gasteiger partial charge in [-0.05, 0) is 37.0 Å². The van der Waals surface area contributed by atoms with Crippen LogP contribution in [-0.2, 0) is 0 Å². The van der Waals surface area contributed by atoms with Crippen LogP contribution in [0.25, 0.3) is 0 Å². The van der Waals surface area contributed by atoms with Gasteiger partial charge in [0, 0.05) is 0 Å². The highest BCUT2D eigenvalue weighted by molar-refractivity contribution is 5.17. The Morgan fingerprint density at radius 1 is 1.40 bits per heavy atom. The first-order valence-electron chi connectivity index (χ1n) is 4.38. The van der Waals surface area contributed by atoms with Crippen molar-refractivity contribution in [1.29, 1.82) is 0 Å². The Hall–Kier alpha value is -0.260. The fourth-order valence-corrected chi connectivity index (χ4v) is 1.62. The number of hydrogen-bond donors (Lipinski definition) is 0. The minimum absolute atomic E-state index is 0.655. The summed E-state index contributed by atoms with van der Waals surface area (Å²) < 4.78 is 0. The van der Waals surface area contributed by atoms with Crippen LogP contribution in [0.1, 0.15) is 39.5 Å². The van der Waals surface area contributed by atoms with E-state index in [1.165, 1.54) is 25.7 Å². The third-order valence-corrected chi connectivity index (χ3v) is 3.02. The zero-order valence-corrected chi connectivity index (χ0v) is 6.98. The van der Waals surface area contributed by atoms with Gasteiger partial charge in [0.15, 0.2) is 0 Å². The Morgan fingerprint density at radius 3 is 2.30 bits per heavy atom. The maximum Gasteiger partial charge on any atom is -0.0174 e. The number of allylic oxidation sites excluding steroid dienone is 2. The first-order chi connectivity index (χ1) is 4.68. The molecule has 0 aliphatic heterocycles. The summed E-state index contributed by atoms with van der Waals surface area (Å²) in [4.78, 5) is 0. The van der Waals surface area contributed by atoms with Crippen molar-refractivity contribution >= 4 is 0 Å². The Morgan fingerprint density at radius 2 is 2.00 bits per heavy atom. The van der Waals surface area contributed by atoms with Gasteiger partial charge in [0.25, 0.3) is 0 Å². The molecule has 0 bridgehead atoms. The molecule has 0 aromatic rings. The lowest BCUT2D eigenvalue weighted by atomic mass is 9.90. The second-order valence-corrected chi connectivity index (χ2v) is 4.48. The Bertz CT molecular complexity index is 168. The van der Waals surface area contributed by atoms with Gasteiger partial charge in [-0.25, -0.2) is 0 Å². The summed E-state index contributed by atoms with van der Waals surface area (Å²) in [5, 5.41) is 0. The van der Waals surface area contributed by atoms with Crippen LogP contribution < -0.4 is 0 Å². The van der Waals surface area contributed by atoms with Crippen molar-refractivity contribution in [1.82, 2.24) is 0 Å². The van der Waals surface area contributed by atoms with E-state index in [-0.39, 0.29) is 0 Å². The second-order valence-electron chi connectivity index (χ2n) is 4.48. The van der Waals surface area contributed by atoms with E-state index in [0.29, 0.717) is 5.41 Å². The van der Waals surface area contributed by atoms with E-state index < -0.39 is 0 Å². The van der Waals surface area contributed by atoms with E-state index in [1.54, 1.807) is 5.57 Å². The minimum atomic E-state index is 0.655. The van der Waals surface area contributed by atoms with Gasteiger partial charge in [0.1, 0.15) is 0 Å². The molecule has 56 valence electrons. The van der Waals surface area contributed by atoms with Crippen molar-refractivity contribution in [3.05, 3.63) is 11.6 Å². The molecule has 0 spiro atoms. The zero-order valence-electron chi connectivity index (χ0n) is 6.98. The topological polar surface area (TPSA) is 0 Å². The second kappa shape index (κ2) is 1.87. The van der Waals surface area contributed by atoms with Gasteiger partial charge in [-0.3, -0.25) is 0 Å². The molecule has 10 heavy (non-hydrogen) atoms. The van der Waals surface area contributed by atoms with Gasteiger partial charge in [0.2, 0.25) is 0 Å². The summed E-state index contributed by atoms with van der Waals surface area (Å²) >= 11 is 0. The standard InChI is InChI=1S/C10H16/c1-10(2)7-9(10)6-8-4-3-5-8/h6,9H,3-5,7H2,1-2H3. The highest BCUT2D eigenvalue weighted by Crippen LogP contribution is 2.53. The highest BCUT2D eigenvalue weighted by Gasteiger charge is 2.43. The third kappa shape index (κ3) is 1.00. The molecule has 0 heteroatoms. The summed E-state index contributed by atoms with van der Waals surface area (Å²) in [6.45, 7) is 4.74. The molecule has 1 unspecified atom stereocenters. The fourth-order valence-electron chi connectivity index (χ4n) is 1.62. The quantitative estimate of drug-likeness (QED) is 0.486. The Balaban J connectivity index is 1.92. The fraction of sp³-hybridized carbons (Fsp3) is 0.800. The van der Waals surface area contributed by atoms with E-state index >= 15 is 0 Å². The molecular weight excluding hydrogens is 120 g/mol. The minimum Gasteiger partial charge on any atom is -0.0817 e. The summed E-state index contributed by atoms with van der Waals surface area (Å²) in [6, 6.07) is 0. The van der Waals surface area contributed by atoms with Crippen molar-refractivity contribution in [3.63, 3.8) is 0 Å². The Kier molecular flexibility index (Phi) is 1.21. The van der Waals surface area contributed by atoms with Crippen LogP contribution >= 0.6 is 0 Å². The van der Waals surface area contributed by atoms with Crippen molar-refractivity contribution in [2.75, 3.05) is 0 Å². The third-order valence-electron chi connectivity index (χ3n) is 3.02. The molecule has 0 saturated heterocycles. The van der Waals surface area contributed by atoms with Crippen LogP contribution in [0.15, 0.2) is 11.6 Å². The van der Waals surface area contributed by atoms with E-state index in [0.717, 1.165) is 5.92 Å². The van der Waals surface area contributed by atoms with E-state index in [2.05, 4.69) is 19.9 Å². The molecule has 0 N–H and O–H groups in total.